The summed E-state index contributed by atoms with van der Waals surface area (Å²) in [6, 6.07) is 15.7. The first-order valence-corrected chi connectivity index (χ1v) is 12.5. The summed E-state index contributed by atoms with van der Waals surface area (Å²) in [4.78, 5) is 13.1. The summed E-state index contributed by atoms with van der Waals surface area (Å²) in [6.45, 7) is 2.17. The molecular formula is C29H33F2NO5. The van der Waals surface area contributed by atoms with Crippen molar-refractivity contribution in [3.63, 3.8) is 0 Å². The number of aryl methyl sites for hydroxylation is 1. The van der Waals surface area contributed by atoms with Crippen molar-refractivity contribution in [2.45, 2.75) is 38.2 Å². The van der Waals surface area contributed by atoms with E-state index in [1.807, 2.05) is 53.4 Å². The van der Waals surface area contributed by atoms with Gasteiger partial charge in [-0.05, 0) is 46.0 Å². The minimum absolute atomic E-state index is 0.0644. The number of hydrogen-bond donors (Lipinski definition) is 1. The topological polar surface area (TPSA) is 68.2 Å². The molecule has 1 saturated heterocycles. The molecule has 0 bridgehead atoms. The lowest BCUT2D eigenvalue weighted by Gasteiger charge is -2.31. The van der Waals surface area contributed by atoms with Crippen molar-refractivity contribution in [3.8, 4) is 22.6 Å². The first kappa shape index (κ1) is 26.8. The van der Waals surface area contributed by atoms with Crippen molar-refractivity contribution in [1.29, 1.82) is 0 Å². The molecule has 6 nitrogen and oxygen atoms in total. The van der Waals surface area contributed by atoms with Gasteiger partial charge >= 0.3 is 5.97 Å². The van der Waals surface area contributed by atoms with Gasteiger partial charge < -0.3 is 24.2 Å². The van der Waals surface area contributed by atoms with Crippen LogP contribution in [0.3, 0.4) is 0 Å². The van der Waals surface area contributed by atoms with Crippen molar-refractivity contribution >= 4 is 16.7 Å². The van der Waals surface area contributed by atoms with E-state index >= 15 is 0 Å². The number of carboxylic acid groups (broad SMARTS) is 1. The number of nitrogens with zero attached hydrogens (tertiary/aromatic N) is 1. The minimum Gasteiger partial charge on any atom is -0.496 e. The Labute approximate surface area is 215 Å². The Balaban J connectivity index is 1.54. The van der Waals surface area contributed by atoms with Gasteiger partial charge in [0.05, 0.1) is 33.0 Å². The van der Waals surface area contributed by atoms with Gasteiger partial charge in [0, 0.05) is 38.9 Å². The highest BCUT2D eigenvalue weighted by atomic mass is 19.3. The molecular weight excluding hydrogens is 480 g/mol. The molecule has 0 radical (unpaired) electrons. The van der Waals surface area contributed by atoms with Crippen LogP contribution in [0.1, 0.15) is 30.4 Å². The Hall–Kier alpha value is -3.23. The van der Waals surface area contributed by atoms with E-state index in [1.165, 1.54) is 0 Å². The number of alkyl halides is 2. The van der Waals surface area contributed by atoms with Gasteiger partial charge in [0.1, 0.15) is 11.5 Å². The first-order valence-electron chi connectivity index (χ1n) is 12.5. The molecule has 1 aliphatic heterocycles. The molecule has 0 aliphatic carbocycles. The van der Waals surface area contributed by atoms with Crippen LogP contribution in [0.25, 0.3) is 21.9 Å². The van der Waals surface area contributed by atoms with Crippen molar-refractivity contribution in [1.82, 2.24) is 4.90 Å². The van der Waals surface area contributed by atoms with Crippen LogP contribution >= 0.6 is 0 Å². The minimum atomic E-state index is -2.55. The number of benzene rings is 3. The van der Waals surface area contributed by atoms with Crippen LogP contribution in [-0.2, 0) is 22.6 Å². The zero-order valence-corrected chi connectivity index (χ0v) is 21.3. The lowest BCUT2D eigenvalue weighted by atomic mass is 9.92. The highest BCUT2D eigenvalue weighted by Crippen LogP contribution is 2.43. The second-order valence-corrected chi connectivity index (χ2v) is 9.34. The first-order chi connectivity index (χ1) is 17.8. The predicted molar refractivity (Wildman–Crippen MR) is 139 cm³/mol. The fraction of sp³-hybridized carbons (Fsp3) is 0.414. The van der Waals surface area contributed by atoms with E-state index in [9.17, 15) is 13.6 Å². The van der Waals surface area contributed by atoms with Crippen molar-refractivity contribution in [3.05, 3.63) is 59.7 Å². The summed E-state index contributed by atoms with van der Waals surface area (Å²) in [5, 5.41) is 11.1. The second-order valence-electron chi connectivity index (χ2n) is 9.34. The molecule has 0 atom stereocenters. The molecule has 1 fully saturated rings. The largest absolute Gasteiger partial charge is 0.496 e. The van der Waals surface area contributed by atoms with E-state index in [0.717, 1.165) is 33.0 Å². The zero-order valence-electron chi connectivity index (χ0n) is 21.3. The van der Waals surface area contributed by atoms with Crippen LogP contribution < -0.4 is 9.47 Å². The maximum absolute atomic E-state index is 13.4. The molecule has 1 heterocycles. The summed E-state index contributed by atoms with van der Waals surface area (Å²) < 4.78 is 44.1. The Kier molecular flexibility index (Phi) is 8.61. The normalized spacial score (nSPS) is 15.6. The number of carboxylic acids is 1. The number of halogens is 2. The van der Waals surface area contributed by atoms with Crippen molar-refractivity contribution < 1.29 is 32.9 Å². The number of carbonyl (C=O) groups is 1. The molecule has 198 valence electrons. The smallest absolute Gasteiger partial charge is 0.303 e. The number of aliphatic carboxylic acids is 1. The van der Waals surface area contributed by atoms with E-state index in [0.29, 0.717) is 50.8 Å². The number of rotatable bonds is 11. The van der Waals surface area contributed by atoms with Gasteiger partial charge in [-0.25, -0.2) is 8.78 Å². The molecule has 0 unspecified atom stereocenters. The maximum Gasteiger partial charge on any atom is 0.303 e. The van der Waals surface area contributed by atoms with Gasteiger partial charge in [0.25, 0.3) is 5.92 Å². The Morgan fingerprint density at radius 1 is 1.00 bits per heavy atom. The van der Waals surface area contributed by atoms with Crippen LogP contribution in [0.5, 0.6) is 11.5 Å². The van der Waals surface area contributed by atoms with Gasteiger partial charge in [0.2, 0.25) is 0 Å². The fourth-order valence-corrected chi connectivity index (χ4v) is 4.86. The molecule has 1 N–H and O–H groups in total. The molecule has 0 saturated carbocycles. The second kappa shape index (κ2) is 11.9. The van der Waals surface area contributed by atoms with E-state index in [1.54, 1.807) is 14.2 Å². The molecule has 3 aromatic rings. The summed E-state index contributed by atoms with van der Waals surface area (Å²) in [5.74, 6) is -2.10. The van der Waals surface area contributed by atoms with Gasteiger partial charge in [-0.1, -0.05) is 36.4 Å². The summed E-state index contributed by atoms with van der Waals surface area (Å²) >= 11 is 0. The van der Waals surface area contributed by atoms with E-state index < -0.39 is 11.9 Å². The summed E-state index contributed by atoms with van der Waals surface area (Å²) in [5.41, 5.74) is 3.59. The third-order valence-electron chi connectivity index (χ3n) is 6.86. The maximum atomic E-state index is 13.4. The molecule has 0 spiro atoms. The highest BCUT2D eigenvalue weighted by molar-refractivity contribution is 6.01. The average Bonchev–Trinajstić information content (AvgIpc) is 2.89. The number of hydrogen-bond acceptors (Lipinski definition) is 5. The van der Waals surface area contributed by atoms with E-state index in [-0.39, 0.29) is 19.3 Å². The van der Waals surface area contributed by atoms with Gasteiger partial charge in [-0.3, -0.25) is 4.79 Å². The van der Waals surface area contributed by atoms with Crippen molar-refractivity contribution in [2.75, 3.05) is 40.5 Å². The Morgan fingerprint density at radius 3 is 2.30 bits per heavy atom. The Bertz CT molecular complexity index is 1210. The highest BCUT2D eigenvalue weighted by Gasteiger charge is 2.33. The molecule has 1 aliphatic rings. The van der Waals surface area contributed by atoms with E-state index in [4.69, 9.17) is 19.3 Å². The third-order valence-corrected chi connectivity index (χ3v) is 6.86. The zero-order chi connectivity index (χ0) is 26.4. The number of ether oxygens (including phenoxy) is 3. The number of piperidine rings is 1. The predicted octanol–water partition coefficient (Wildman–Crippen LogP) is 5.79. The lowest BCUT2D eigenvalue weighted by molar-refractivity contribution is -0.136. The monoisotopic (exact) mass is 513 g/mol. The lowest BCUT2D eigenvalue weighted by Crippen LogP contribution is -2.40. The van der Waals surface area contributed by atoms with Gasteiger partial charge in [-0.2, -0.15) is 0 Å². The SMILES string of the molecule is COc1cc(COCCN2CCC(F)(F)CC2)cc(OC)c1-c1cccc2c(CCC(=O)O)cccc12. The van der Waals surface area contributed by atoms with Crippen LogP contribution in [0, 0.1) is 0 Å². The van der Waals surface area contributed by atoms with Crippen LogP contribution in [0.15, 0.2) is 48.5 Å². The van der Waals surface area contributed by atoms with Gasteiger partial charge in [0.15, 0.2) is 0 Å². The fourth-order valence-electron chi connectivity index (χ4n) is 4.86. The third kappa shape index (κ3) is 6.56. The van der Waals surface area contributed by atoms with Crippen LogP contribution in [0.4, 0.5) is 8.78 Å². The molecule has 4 rings (SSSR count). The molecule has 37 heavy (non-hydrogen) atoms. The van der Waals surface area contributed by atoms with E-state index in [2.05, 4.69) is 0 Å². The van der Waals surface area contributed by atoms with Gasteiger partial charge in [-0.15, -0.1) is 0 Å². The summed E-state index contributed by atoms with van der Waals surface area (Å²) in [7, 11) is 3.22. The van der Waals surface area contributed by atoms with Crippen molar-refractivity contribution in [2.24, 2.45) is 0 Å². The molecule has 8 heteroatoms. The Morgan fingerprint density at radius 2 is 1.65 bits per heavy atom. The molecule has 0 aromatic heterocycles. The number of fused-ring (bicyclic) bond motifs is 1. The van der Waals surface area contributed by atoms with Crippen LogP contribution in [-0.4, -0.2) is 62.4 Å². The number of methoxy groups -OCH3 is 2. The summed E-state index contributed by atoms with van der Waals surface area (Å²) in [6.07, 6.45) is 0.311. The average molecular weight is 514 g/mol. The number of likely N-dealkylation sites (tertiary alicyclic amines) is 1. The quantitative estimate of drug-likeness (QED) is 0.328. The molecule has 3 aromatic carbocycles. The molecule has 0 amide bonds. The standard InChI is InChI=1S/C29H33F2NO5/c1-35-25-17-20(19-37-16-15-32-13-11-29(30,31)12-14-32)18-26(36-2)28(25)24-8-4-6-22-21(9-10-27(33)34)5-3-7-23(22)24/h3-8,17-18H,9-16,19H2,1-2H3,(H,33,34). The van der Waals surface area contributed by atoms with Crippen LogP contribution in [0.2, 0.25) is 0 Å².